The minimum absolute atomic E-state index is 0.0445. The molecule has 0 bridgehead atoms. The largest absolute Gasteiger partial charge is 0.326 e. The molecule has 6 nitrogen and oxygen atoms in total. The van der Waals surface area contributed by atoms with Gasteiger partial charge in [0.1, 0.15) is 9.84 Å². The Morgan fingerprint density at radius 2 is 1.81 bits per heavy atom. The highest BCUT2D eigenvalue weighted by Gasteiger charge is 2.26. The predicted molar refractivity (Wildman–Crippen MR) is 81.8 cm³/mol. The molecule has 1 aromatic rings. The summed E-state index contributed by atoms with van der Waals surface area (Å²) in [5, 5.41) is 0. The van der Waals surface area contributed by atoms with E-state index < -0.39 is 19.9 Å². The maximum atomic E-state index is 12.1. The predicted octanol–water partition coefficient (Wildman–Crippen LogP) is 0.142. The van der Waals surface area contributed by atoms with Crippen molar-refractivity contribution in [2.24, 2.45) is 5.73 Å². The van der Waals surface area contributed by atoms with E-state index in [9.17, 15) is 16.8 Å². The molecule has 8 heteroatoms. The molecular weight excluding hydrogens is 312 g/mol. The van der Waals surface area contributed by atoms with Crippen LogP contribution in [0.2, 0.25) is 0 Å². The quantitative estimate of drug-likeness (QED) is 0.798. The first-order valence-electron chi connectivity index (χ1n) is 6.78. The molecule has 0 saturated carbocycles. The first-order chi connectivity index (χ1) is 9.80. The number of nitrogens with two attached hydrogens (primary N) is 1. The lowest BCUT2D eigenvalue weighted by Crippen LogP contribution is -2.41. The van der Waals surface area contributed by atoms with Gasteiger partial charge >= 0.3 is 0 Å². The highest BCUT2D eigenvalue weighted by Crippen LogP contribution is 2.15. The average molecular weight is 332 g/mol. The Morgan fingerprint density at radius 3 is 2.43 bits per heavy atom. The summed E-state index contributed by atoms with van der Waals surface area (Å²) >= 11 is 0. The fourth-order valence-electron chi connectivity index (χ4n) is 2.37. The van der Waals surface area contributed by atoms with Crippen LogP contribution in [-0.4, -0.2) is 34.4 Å². The van der Waals surface area contributed by atoms with E-state index in [0.29, 0.717) is 24.9 Å². The van der Waals surface area contributed by atoms with Crippen LogP contribution in [0.4, 0.5) is 0 Å². The van der Waals surface area contributed by atoms with Crippen molar-refractivity contribution in [1.82, 2.24) is 4.72 Å². The van der Waals surface area contributed by atoms with E-state index in [-0.39, 0.29) is 23.3 Å². The molecule has 0 atom stereocenters. The van der Waals surface area contributed by atoms with Crippen LogP contribution >= 0.6 is 0 Å². The van der Waals surface area contributed by atoms with Crippen LogP contribution in [0.15, 0.2) is 24.3 Å². The molecule has 1 aromatic carbocycles. The number of sulfonamides is 1. The Balaban J connectivity index is 1.99. The summed E-state index contributed by atoms with van der Waals surface area (Å²) in [5.74, 6) is -0.0320. The van der Waals surface area contributed by atoms with Crippen molar-refractivity contribution < 1.29 is 16.8 Å². The maximum absolute atomic E-state index is 12.1. The van der Waals surface area contributed by atoms with Crippen LogP contribution in [-0.2, 0) is 32.2 Å². The number of rotatable bonds is 5. The Labute approximate surface area is 125 Å². The van der Waals surface area contributed by atoms with Gasteiger partial charge in [-0.15, -0.1) is 0 Å². The topological polar surface area (TPSA) is 106 Å². The highest BCUT2D eigenvalue weighted by molar-refractivity contribution is 7.91. The third-order valence-electron chi connectivity index (χ3n) is 3.48. The van der Waals surface area contributed by atoms with Gasteiger partial charge < -0.3 is 5.73 Å². The van der Waals surface area contributed by atoms with Crippen LogP contribution in [0.1, 0.15) is 24.0 Å². The molecule has 1 aliphatic rings. The smallest absolute Gasteiger partial charge is 0.216 e. The van der Waals surface area contributed by atoms with Gasteiger partial charge in [-0.05, 0) is 24.0 Å². The van der Waals surface area contributed by atoms with Gasteiger partial charge in [0.25, 0.3) is 0 Å². The maximum Gasteiger partial charge on any atom is 0.216 e. The zero-order valence-corrected chi connectivity index (χ0v) is 13.3. The number of hydrogen-bond acceptors (Lipinski definition) is 5. The molecule has 118 valence electrons. The second kappa shape index (κ2) is 6.43. The lowest BCUT2D eigenvalue weighted by Gasteiger charge is -2.22. The molecule has 1 aliphatic heterocycles. The van der Waals surface area contributed by atoms with E-state index in [1.54, 1.807) is 18.2 Å². The molecule has 2 rings (SSSR count). The minimum Gasteiger partial charge on any atom is -0.326 e. The minimum atomic E-state index is -3.48. The fourth-order valence-corrected chi connectivity index (χ4v) is 5.31. The highest BCUT2D eigenvalue weighted by atomic mass is 32.2. The second-order valence-corrected chi connectivity index (χ2v) is 9.38. The Kier molecular flexibility index (Phi) is 5.03. The third kappa shape index (κ3) is 5.06. The average Bonchev–Trinajstić information content (AvgIpc) is 2.41. The van der Waals surface area contributed by atoms with Crippen molar-refractivity contribution in [1.29, 1.82) is 0 Å². The van der Waals surface area contributed by atoms with Gasteiger partial charge in [-0.3, -0.25) is 0 Å². The van der Waals surface area contributed by atoms with Crippen molar-refractivity contribution >= 4 is 19.9 Å². The number of nitrogens with one attached hydrogen (secondary N) is 1. The van der Waals surface area contributed by atoms with Gasteiger partial charge in [0.05, 0.1) is 17.3 Å². The van der Waals surface area contributed by atoms with E-state index >= 15 is 0 Å². The SMILES string of the molecule is NCc1cccc(CS(=O)(=O)NC2CCS(=O)(=O)CC2)c1. The van der Waals surface area contributed by atoms with Gasteiger partial charge in [-0.25, -0.2) is 21.6 Å². The summed E-state index contributed by atoms with van der Waals surface area (Å²) in [6.45, 7) is 0.363. The van der Waals surface area contributed by atoms with Crippen LogP contribution < -0.4 is 10.5 Å². The van der Waals surface area contributed by atoms with E-state index in [1.807, 2.05) is 6.07 Å². The van der Waals surface area contributed by atoms with Crippen molar-refractivity contribution in [3.63, 3.8) is 0 Å². The molecule has 1 saturated heterocycles. The first kappa shape index (κ1) is 16.4. The Hall–Kier alpha value is -0.960. The monoisotopic (exact) mass is 332 g/mol. The number of sulfone groups is 1. The molecule has 0 radical (unpaired) electrons. The normalized spacial score (nSPS) is 19.5. The van der Waals surface area contributed by atoms with Crippen LogP contribution in [0, 0.1) is 0 Å². The molecule has 0 unspecified atom stereocenters. The summed E-state index contributed by atoms with van der Waals surface area (Å²) in [4.78, 5) is 0. The van der Waals surface area contributed by atoms with E-state index in [4.69, 9.17) is 5.73 Å². The Morgan fingerprint density at radius 1 is 1.19 bits per heavy atom. The zero-order chi connectivity index (χ0) is 15.5. The molecule has 0 amide bonds. The third-order valence-corrected chi connectivity index (χ3v) is 6.61. The molecule has 3 N–H and O–H groups in total. The molecule has 1 fully saturated rings. The van der Waals surface area contributed by atoms with Gasteiger partial charge in [0.2, 0.25) is 10.0 Å². The van der Waals surface area contributed by atoms with Gasteiger partial charge in [-0.2, -0.15) is 0 Å². The van der Waals surface area contributed by atoms with E-state index in [2.05, 4.69) is 4.72 Å². The molecule has 0 aliphatic carbocycles. The summed E-state index contributed by atoms with van der Waals surface area (Å²) in [5.41, 5.74) is 7.09. The summed E-state index contributed by atoms with van der Waals surface area (Å²) in [6, 6.07) is 6.83. The number of benzene rings is 1. The van der Waals surface area contributed by atoms with Crippen LogP contribution in [0.5, 0.6) is 0 Å². The van der Waals surface area contributed by atoms with E-state index in [1.165, 1.54) is 0 Å². The molecule has 0 aromatic heterocycles. The second-order valence-electron chi connectivity index (χ2n) is 5.33. The Bertz CT molecular complexity index is 685. The van der Waals surface area contributed by atoms with Crippen molar-refractivity contribution in [3.05, 3.63) is 35.4 Å². The van der Waals surface area contributed by atoms with Crippen molar-refractivity contribution in [3.8, 4) is 0 Å². The fraction of sp³-hybridized carbons (Fsp3) is 0.538. The first-order valence-corrected chi connectivity index (χ1v) is 10.3. The molecule has 21 heavy (non-hydrogen) atoms. The summed E-state index contributed by atoms with van der Waals surface area (Å²) in [6.07, 6.45) is 0.675. The summed E-state index contributed by atoms with van der Waals surface area (Å²) in [7, 11) is -6.47. The standard InChI is InChI=1S/C13H20N2O4S2/c14-9-11-2-1-3-12(8-11)10-21(18,19)15-13-4-6-20(16,17)7-5-13/h1-3,8,13,15H,4-7,9-10,14H2. The lowest BCUT2D eigenvalue weighted by molar-refractivity contribution is 0.505. The van der Waals surface area contributed by atoms with Crippen molar-refractivity contribution in [2.75, 3.05) is 11.5 Å². The molecule has 0 spiro atoms. The zero-order valence-electron chi connectivity index (χ0n) is 11.7. The van der Waals surface area contributed by atoms with Gasteiger partial charge in [0.15, 0.2) is 0 Å². The summed E-state index contributed by atoms with van der Waals surface area (Å²) < 4.78 is 49.5. The lowest BCUT2D eigenvalue weighted by atomic mass is 10.1. The molecule has 1 heterocycles. The number of hydrogen-bond donors (Lipinski definition) is 2. The van der Waals surface area contributed by atoms with Gasteiger partial charge in [0, 0.05) is 12.6 Å². The van der Waals surface area contributed by atoms with E-state index in [0.717, 1.165) is 5.56 Å². The van der Waals surface area contributed by atoms with Crippen molar-refractivity contribution in [2.45, 2.75) is 31.2 Å². The van der Waals surface area contributed by atoms with Crippen LogP contribution in [0.25, 0.3) is 0 Å². The van der Waals surface area contributed by atoms with Crippen LogP contribution in [0.3, 0.4) is 0 Å². The van der Waals surface area contributed by atoms with Gasteiger partial charge in [-0.1, -0.05) is 24.3 Å². The molecular formula is C13H20N2O4S2.